The Morgan fingerprint density at radius 2 is 2.19 bits per heavy atom. The zero-order valence-electron chi connectivity index (χ0n) is 11.8. The number of sulfonamides is 1. The maximum Gasteiger partial charge on any atom is 0.303 e. The van der Waals surface area contributed by atoms with Crippen molar-refractivity contribution in [3.63, 3.8) is 0 Å². The Bertz CT molecular complexity index is 644. The minimum absolute atomic E-state index is 0.0819. The first-order valence-electron chi connectivity index (χ1n) is 6.79. The molecule has 21 heavy (non-hydrogen) atoms. The first-order chi connectivity index (χ1) is 9.80. The van der Waals surface area contributed by atoms with Crippen molar-refractivity contribution in [3.8, 4) is 0 Å². The van der Waals surface area contributed by atoms with E-state index in [1.165, 1.54) is 10.4 Å². The molecule has 0 radical (unpaired) electrons. The molecule has 116 valence electrons. The van der Waals surface area contributed by atoms with Gasteiger partial charge in [0, 0.05) is 24.5 Å². The highest BCUT2D eigenvalue weighted by Crippen LogP contribution is 2.29. The molecule has 5 nitrogen and oxygen atoms in total. The SMILES string of the molecule is Cc1cc(Cl)ccc1S(=O)(=O)N1CCC(CCC(=O)O)C1. The van der Waals surface area contributed by atoms with Crippen LogP contribution in [-0.4, -0.2) is 36.9 Å². The summed E-state index contributed by atoms with van der Waals surface area (Å²) in [7, 11) is -3.53. The summed E-state index contributed by atoms with van der Waals surface area (Å²) >= 11 is 5.86. The van der Waals surface area contributed by atoms with Gasteiger partial charge in [0.1, 0.15) is 0 Å². The molecule has 0 aromatic heterocycles. The Morgan fingerprint density at radius 3 is 2.81 bits per heavy atom. The molecule has 1 N–H and O–H groups in total. The van der Waals surface area contributed by atoms with Crippen LogP contribution in [0.4, 0.5) is 0 Å². The van der Waals surface area contributed by atoms with Crippen LogP contribution in [0.15, 0.2) is 23.1 Å². The molecule has 1 saturated heterocycles. The largest absolute Gasteiger partial charge is 0.481 e. The fourth-order valence-electron chi connectivity index (χ4n) is 2.62. The van der Waals surface area contributed by atoms with Gasteiger partial charge in [-0.3, -0.25) is 4.79 Å². The molecular formula is C14H18ClNO4S. The minimum atomic E-state index is -3.53. The van der Waals surface area contributed by atoms with Crippen molar-refractivity contribution in [2.45, 2.75) is 31.1 Å². The van der Waals surface area contributed by atoms with Crippen molar-refractivity contribution in [2.24, 2.45) is 5.92 Å². The first-order valence-corrected chi connectivity index (χ1v) is 8.60. The van der Waals surface area contributed by atoms with Gasteiger partial charge in [0.15, 0.2) is 0 Å². The second-order valence-corrected chi connectivity index (χ2v) is 7.70. The van der Waals surface area contributed by atoms with E-state index in [9.17, 15) is 13.2 Å². The lowest BCUT2D eigenvalue weighted by Crippen LogP contribution is -2.29. The lowest BCUT2D eigenvalue weighted by Gasteiger charge is -2.18. The number of hydrogen-bond donors (Lipinski definition) is 1. The van der Waals surface area contributed by atoms with Crippen LogP contribution in [0.5, 0.6) is 0 Å². The number of aliphatic carboxylic acids is 1. The molecule has 1 unspecified atom stereocenters. The van der Waals surface area contributed by atoms with Gasteiger partial charge in [-0.2, -0.15) is 4.31 Å². The van der Waals surface area contributed by atoms with E-state index in [0.717, 1.165) is 0 Å². The highest BCUT2D eigenvalue weighted by Gasteiger charge is 2.33. The molecule has 0 spiro atoms. The van der Waals surface area contributed by atoms with Gasteiger partial charge in [0.25, 0.3) is 0 Å². The second kappa shape index (κ2) is 6.34. The van der Waals surface area contributed by atoms with Crippen molar-refractivity contribution in [1.82, 2.24) is 4.31 Å². The molecule has 0 amide bonds. The van der Waals surface area contributed by atoms with E-state index < -0.39 is 16.0 Å². The summed E-state index contributed by atoms with van der Waals surface area (Å²) in [6, 6.07) is 4.73. The van der Waals surface area contributed by atoms with Crippen LogP contribution in [0.3, 0.4) is 0 Å². The zero-order chi connectivity index (χ0) is 15.6. The molecule has 0 bridgehead atoms. The van der Waals surface area contributed by atoms with Crippen LogP contribution in [0.2, 0.25) is 5.02 Å². The maximum atomic E-state index is 12.6. The van der Waals surface area contributed by atoms with Crippen molar-refractivity contribution in [2.75, 3.05) is 13.1 Å². The monoisotopic (exact) mass is 331 g/mol. The normalized spacial score (nSPS) is 19.8. The Balaban J connectivity index is 2.12. The quantitative estimate of drug-likeness (QED) is 0.899. The van der Waals surface area contributed by atoms with Gasteiger partial charge >= 0.3 is 5.97 Å². The van der Waals surface area contributed by atoms with Gasteiger partial charge in [0.2, 0.25) is 10.0 Å². The molecule has 1 aliphatic heterocycles. The van der Waals surface area contributed by atoms with E-state index in [4.69, 9.17) is 16.7 Å². The number of nitrogens with zero attached hydrogens (tertiary/aromatic N) is 1. The van der Waals surface area contributed by atoms with Crippen molar-refractivity contribution < 1.29 is 18.3 Å². The maximum absolute atomic E-state index is 12.6. The fourth-order valence-corrected chi connectivity index (χ4v) is 4.58. The number of hydrogen-bond acceptors (Lipinski definition) is 3. The van der Waals surface area contributed by atoms with E-state index in [1.54, 1.807) is 19.1 Å². The highest BCUT2D eigenvalue weighted by atomic mass is 35.5. The number of carboxylic acid groups (broad SMARTS) is 1. The van der Waals surface area contributed by atoms with Crippen LogP contribution in [0.1, 0.15) is 24.8 Å². The lowest BCUT2D eigenvalue weighted by atomic mass is 10.0. The average Bonchev–Trinajstić information content (AvgIpc) is 2.85. The average molecular weight is 332 g/mol. The molecule has 1 fully saturated rings. The summed E-state index contributed by atoms with van der Waals surface area (Å²) in [5, 5.41) is 9.20. The Labute approximate surface area is 129 Å². The molecule has 0 saturated carbocycles. The van der Waals surface area contributed by atoms with E-state index >= 15 is 0 Å². The van der Waals surface area contributed by atoms with Crippen LogP contribution in [0, 0.1) is 12.8 Å². The van der Waals surface area contributed by atoms with E-state index in [0.29, 0.717) is 36.5 Å². The first kappa shape index (κ1) is 16.3. The van der Waals surface area contributed by atoms with Crippen LogP contribution >= 0.6 is 11.6 Å². The highest BCUT2D eigenvalue weighted by molar-refractivity contribution is 7.89. The molecule has 7 heteroatoms. The minimum Gasteiger partial charge on any atom is -0.481 e. The molecule has 2 rings (SSSR count). The third-order valence-corrected chi connectivity index (χ3v) is 6.03. The molecule has 1 aromatic carbocycles. The van der Waals surface area contributed by atoms with E-state index in [2.05, 4.69) is 0 Å². The zero-order valence-corrected chi connectivity index (χ0v) is 13.3. The number of rotatable bonds is 5. The van der Waals surface area contributed by atoms with Gasteiger partial charge < -0.3 is 5.11 Å². The standard InChI is InChI=1S/C14H18ClNO4S/c1-10-8-12(15)3-4-13(10)21(19,20)16-7-6-11(9-16)2-5-14(17)18/h3-4,8,11H,2,5-7,9H2,1H3,(H,17,18). The predicted molar refractivity (Wildman–Crippen MR) is 79.9 cm³/mol. The Hall–Kier alpha value is -1.11. The van der Waals surface area contributed by atoms with Crippen LogP contribution in [0.25, 0.3) is 0 Å². The smallest absolute Gasteiger partial charge is 0.303 e. The summed E-state index contributed by atoms with van der Waals surface area (Å²) in [6.45, 7) is 2.54. The number of halogens is 1. The molecular weight excluding hydrogens is 314 g/mol. The topological polar surface area (TPSA) is 74.7 Å². The molecule has 1 atom stereocenters. The second-order valence-electron chi connectivity index (χ2n) is 5.36. The number of benzene rings is 1. The lowest BCUT2D eigenvalue weighted by molar-refractivity contribution is -0.137. The Morgan fingerprint density at radius 1 is 1.48 bits per heavy atom. The summed E-state index contributed by atoms with van der Waals surface area (Å²) in [4.78, 5) is 10.9. The van der Waals surface area contributed by atoms with Crippen molar-refractivity contribution in [1.29, 1.82) is 0 Å². The van der Waals surface area contributed by atoms with Crippen LogP contribution < -0.4 is 0 Å². The number of carbonyl (C=O) groups is 1. The summed E-state index contributed by atoms with van der Waals surface area (Å²) in [5.74, 6) is -0.728. The van der Waals surface area contributed by atoms with Crippen molar-refractivity contribution >= 4 is 27.6 Å². The van der Waals surface area contributed by atoms with Gasteiger partial charge in [-0.25, -0.2) is 8.42 Å². The molecule has 1 heterocycles. The molecule has 1 aliphatic rings. The fraction of sp³-hybridized carbons (Fsp3) is 0.500. The van der Waals surface area contributed by atoms with E-state index in [1.807, 2.05) is 0 Å². The predicted octanol–water partition coefficient (Wildman–Crippen LogP) is 2.52. The van der Waals surface area contributed by atoms with Gasteiger partial charge in [-0.1, -0.05) is 11.6 Å². The molecule has 0 aliphatic carbocycles. The summed E-state index contributed by atoms with van der Waals surface area (Å²) in [6.07, 6.45) is 1.30. The Kier molecular flexibility index (Phi) is 4.91. The number of carboxylic acids is 1. The van der Waals surface area contributed by atoms with Crippen molar-refractivity contribution in [3.05, 3.63) is 28.8 Å². The van der Waals surface area contributed by atoms with Gasteiger partial charge in [-0.05, 0) is 49.4 Å². The van der Waals surface area contributed by atoms with E-state index in [-0.39, 0.29) is 17.2 Å². The van der Waals surface area contributed by atoms with Gasteiger partial charge in [0.05, 0.1) is 4.90 Å². The summed E-state index contributed by atoms with van der Waals surface area (Å²) in [5.41, 5.74) is 0.622. The van der Waals surface area contributed by atoms with Crippen LogP contribution in [-0.2, 0) is 14.8 Å². The molecule has 1 aromatic rings. The van der Waals surface area contributed by atoms with Gasteiger partial charge in [-0.15, -0.1) is 0 Å². The number of aryl methyl sites for hydroxylation is 1. The third-order valence-electron chi connectivity index (χ3n) is 3.77. The summed E-state index contributed by atoms with van der Waals surface area (Å²) < 4.78 is 26.7. The third kappa shape index (κ3) is 3.75.